The molecule has 0 aliphatic carbocycles. The summed E-state index contributed by atoms with van der Waals surface area (Å²) in [6, 6.07) is 10.7. The molecule has 164 valence electrons. The molecule has 8 heteroatoms. The second-order valence-corrected chi connectivity index (χ2v) is 7.93. The van der Waals surface area contributed by atoms with Crippen molar-refractivity contribution >= 4 is 34.8 Å². The zero-order valence-electron chi connectivity index (χ0n) is 18.1. The van der Waals surface area contributed by atoms with Crippen LogP contribution in [0.2, 0.25) is 0 Å². The van der Waals surface area contributed by atoms with E-state index in [1.165, 1.54) is 6.07 Å². The number of carbonyl (C=O) groups is 3. The molecular weight excluding hydrogens is 399 g/mol. The first-order valence-corrected chi connectivity index (χ1v) is 10.2. The molecule has 0 unspecified atom stereocenters. The van der Waals surface area contributed by atoms with Crippen molar-refractivity contribution in [3.05, 3.63) is 53.8 Å². The van der Waals surface area contributed by atoms with E-state index in [9.17, 15) is 18.8 Å². The van der Waals surface area contributed by atoms with Gasteiger partial charge >= 0.3 is 0 Å². The van der Waals surface area contributed by atoms with Crippen LogP contribution in [0, 0.1) is 12.7 Å². The highest BCUT2D eigenvalue weighted by Crippen LogP contribution is 2.31. The van der Waals surface area contributed by atoms with Crippen LogP contribution in [0.5, 0.6) is 0 Å². The Balaban J connectivity index is 1.70. The first-order valence-electron chi connectivity index (χ1n) is 10.2. The number of nitrogens with zero attached hydrogens (tertiary/aromatic N) is 2. The number of hydrogen-bond acceptors (Lipinski definition) is 4. The molecule has 0 spiro atoms. The zero-order chi connectivity index (χ0) is 22.7. The minimum absolute atomic E-state index is 0.0241. The van der Waals surface area contributed by atoms with Gasteiger partial charge in [0.2, 0.25) is 17.7 Å². The number of anilines is 3. The van der Waals surface area contributed by atoms with Gasteiger partial charge in [-0.05, 0) is 57.6 Å². The normalized spacial score (nSPS) is 16.9. The van der Waals surface area contributed by atoms with E-state index >= 15 is 0 Å². The Hall–Kier alpha value is -3.26. The van der Waals surface area contributed by atoms with E-state index in [1.807, 2.05) is 13.0 Å². The summed E-state index contributed by atoms with van der Waals surface area (Å²) in [5.74, 6) is -1.12. The van der Waals surface area contributed by atoms with E-state index in [0.29, 0.717) is 22.6 Å². The molecule has 0 fully saturated rings. The van der Waals surface area contributed by atoms with Gasteiger partial charge in [0.15, 0.2) is 0 Å². The summed E-state index contributed by atoms with van der Waals surface area (Å²) in [4.78, 5) is 41.1. The second kappa shape index (κ2) is 9.26. The summed E-state index contributed by atoms with van der Waals surface area (Å²) < 4.78 is 13.7. The van der Waals surface area contributed by atoms with Crippen LogP contribution in [0.25, 0.3) is 0 Å². The largest absolute Gasteiger partial charge is 0.325 e. The highest BCUT2D eigenvalue weighted by Gasteiger charge is 2.31. The zero-order valence-corrected chi connectivity index (χ0v) is 18.1. The van der Waals surface area contributed by atoms with Gasteiger partial charge < -0.3 is 15.5 Å². The molecule has 0 radical (unpaired) electrons. The van der Waals surface area contributed by atoms with Crippen LogP contribution in [-0.2, 0) is 14.4 Å². The van der Waals surface area contributed by atoms with Gasteiger partial charge in [0, 0.05) is 18.2 Å². The van der Waals surface area contributed by atoms with Gasteiger partial charge in [-0.1, -0.05) is 18.2 Å². The van der Waals surface area contributed by atoms with Crippen molar-refractivity contribution in [1.29, 1.82) is 0 Å². The highest BCUT2D eigenvalue weighted by molar-refractivity contribution is 6.05. The lowest BCUT2D eigenvalue weighted by molar-refractivity contribution is -0.123. The fraction of sp³-hybridized carbons (Fsp3) is 0.348. The number of para-hydroxylation sites is 2. The quantitative estimate of drug-likeness (QED) is 0.770. The molecule has 2 N–H and O–H groups in total. The molecule has 2 atom stereocenters. The van der Waals surface area contributed by atoms with Crippen molar-refractivity contribution < 1.29 is 18.8 Å². The second-order valence-electron chi connectivity index (χ2n) is 7.93. The number of rotatable bonds is 5. The Morgan fingerprint density at radius 2 is 2.00 bits per heavy atom. The number of hydrogen-bond donors (Lipinski definition) is 2. The van der Waals surface area contributed by atoms with Crippen molar-refractivity contribution in [1.82, 2.24) is 4.90 Å². The van der Waals surface area contributed by atoms with E-state index in [-0.39, 0.29) is 36.7 Å². The number of halogens is 1. The summed E-state index contributed by atoms with van der Waals surface area (Å²) in [6.07, 6.45) is 0.180. The van der Waals surface area contributed by atoms with Crippen LogP contribution >= 0.6 is 0 Å². The minimum Gasteiger partial charge on any atom is -0.325 e. The molecule has 1 heterocycles. The maximum absolute atomic E-state index is 13.7. The van der Waals surface area contributed by atoms with Gasteiger partial charge in [0.25, 0.3) is 0 Å². The maximum atomic E-state index is 13.7. The summed E-state index contributed by atoms with van der Waals surface area (Å²) >= 11 is 0. The first-order chi connectivity index (χ1) is 14.7. The van der Waals surface area contributed by atoms with Crippen LogP contribution < -0.4 is 15.5 Å². The van der Waals surface area contributed by atoms with Gasteiger partial charge in [0.1, 0.15) is 5.82 Å². The van der Waals surface area contributed by atoms with E-state index < -0.39 is 11.9 Å². The fourth-order valence-electron chi connectivity index (χ4n) is 3.51. The van der Waals surface area contributed by atoms with Crippen LogP contribution in [-0.4, -0.2) is 48.3 Å². The molecule has 1 aliphatic heterocycles. The lowest BCUT2D eigenvalue weighted by atomic mass is 10.1. The van der Waals surface area contributed by atoms with Crippen LogP contribution in [0.4, 0.5) is 21.5 Å². The van der Waals surface area contributed by atoms with Crippen LogP contribution in [0.15, 0.2) is 42.5 Å². The van der Waals surface area contributed by atoms with Gasteiger partial charge in [-0.2, -0.15) is 0 Å². The van der Waals surface area contributed by atoms with Crippen molar-refractivity contribution in [3.8, 4) is 0 Å². The van der Waals surface area contributed by atoms with Crippen molar-refractivity contribution in [2.24, 2.45) is 0 Å². The number of amides is 3. The van der Waals surface area contributed by atoms with Crippen LogP contribution in [0.1, 0.15) is 25.8 Å². The molecule has 0 aromatic heterocycles. The number of benzene rings is 2. The molecule has 2 aromatic carbocycles. The topological polar surface area (TPSA) is 81.8 Å². The maximum Gasteiger partial charge on any atom is 0.241 e. The van der Waals surface area contributed by atoms with E-state index in [4.69, 9.17) is 0 Å². The Labute approximate surface area is 181 Å². The summed E-state index contributed by atoms with van der Waals surface area (Å²) in [6.45, 7) is 5.12. The standard InChI is InChI=1S/C23H27FN4O3/c1-14-9-10-17(12-18(14)24)25-23(31)16(3)27(4)13-22(30)28-15(2)11-21(29)26-19-7-5-6-8-20(19)28/h5-10,12,15-16H,11,13H2,1-4H3,(H,25,31)(H,26,29)/t15-,16-/m1/s1. The Morgan fingerprint density at radius 3 is 2.71 bits per heavy atom. The predicted molar refractivity (Wildman–Crippen MR) is 118 cm³/mol. The van der Waals surface area contributed by atoms with Crippen LogP contribution in [0.3, 0.4) is 0 Å². The molecule has 0 saturated heterocycles. The SMILES string of the molecule is Cc1ccc(NC(=O)[C@@H](C)N(C)CC(=O)N2c3ccccc3NC(=O)C[C@H]2C)cc1F. The lowest BCUT2D eigenvalue weighted by Gasteiger charge is -2.31. The molecule has 0 saturated carbocycles. The van der Waals surface area contributed by atoms with Crippen molar-refractivity contribution in [2.75, 3.05) is 29.1 Å². The number of fused-ring (bicyclic) bond motifs is 1. The van der Waals surface area contributed by atoms with Gasteiger partial charge in [0.05, 0.1) is 24.0 Å². The minimum atomic E-state index is -0.634. The summed E-state index contributed by atoms with van der Waals surface area (Å²) in [5, 5.41) is 5.51. The Morgan fingerprint density at radius 1 is 1.29 bits per heavy atom. The molecule has 3 amide bonds. The van der Waals surface area contributed by atoms with Gasteiger partial charge in [-0.15, -0.1) is 0 Å². The van der Waals surface area contributed by atoms with Gasteiger partial charge in [-0.25, -0.2) is 4.39 Å². The number of nitrogens with one attached hydrogen (secondary N) is 2. The summed E-state index contributed by atoms with van der Waals surface area (Å²) in [7, 11) is 1.68. The Kier molecular flexibility index (Phi) is 6.70. The summed E-state index contributed by atoms with van der Waals surface area (Å²) in [5.41, 5.74) is 2.07. The monoisotopic (exact) mass is 426 g/mol. The third-order valence-corrected chi connectivity index (χ3v) is 5.49. The molecule has 31 heavy (non-hydrogen) atoms. The smallest absolute Gasteiger partial charge is 0.241 e. The molecular formula is C23H27FN4O3. The van der Waals surface area contributed by atoms with E-state index in [0.717, 1.165) is 0 Å². The third-order valence-electron chi connectivity index (χ3n) is 5.49. The average molecular weight is 426 g/mol. The van der Waals surface area contributed by atoms with Crippen molar-refractivity contribution in [2.45, 2.75) is 39.3 Å². The highest BCUT2D eigenvalue weighted by atomic mass is 19.1. The van der Waals surface area contributed by atoms with E-state index in [2.05, 4.69) is 10.6 Å². The third kappa shape index (κ3) is 5.08. The average Bonchev–Trinajstić information content (AvgIpc) is 2.84. The number of aryl methyl sites for hydroxylation is 1. The molecule has 7 nitrogen and oxygen atoms in total. The molecule has 1 aliphatic rings. The number of likely N-dealkylation sites (N-methyl/N-ethyl adjacent to an activating group) is 1. The van der Waals surface area contributed by atoms with Crippen molar-refractivity contribution in [3.63, 3.8) is 0 Å². The van der Waals surface area contributed by atoms with Gasteiger partial charge in [-0.3, -0.25) is 19.3 Å². The lowest BCUT2D eigenvalue weighted by Crippen LogP contribution is -2.48. The predicted octanol–water partition coefficient (Wildman–Crippen LogP) is 3.16. The molecule has 0 bridgehead atoms. The Bertz CT molecular complexity index is 1010. The fourth-order valence-corrected chi connectivity index (χ4v) is 3.51. The van der Waals surface area contributed by atoms with E-state index in [1.54, 1.807) is 61.0 Å². The molecule has 2 aromatic rings. The first kappa shape index (κ1) is 22.4. The molecule has 3 rings (SSSR count). The number of carbonyl (C=O) groups excluding carboxylic acids is 3.